The van der Waals surface area contributed by atoms with Gasteiger partial charge in [0.1, 0.15) is 0 Å². The van der Waals surface area contributed by atoms with E-state index in [-0.39, 0.29) is 5.97 Å². The van der Waals surface area contributed by atoms with Crippen LogP contribution in [0, 0.1) is 0 Å². The van der Waals surface area contributed by atoms with Crippen molar-refractivity contribution in [3.8, 4) is 0 Å². The van der Waals surface area contributed by atoms with Gasteiger partial charge in [-0.25, -0.2) is 4.79 Å². The first kappa shape index (κ1) is 14.9. The van der Waals surface area contributed by atoms with Crippen LogP contribution >= 0.6 is 27.3 Å². The molecule has 0 saturated carbocycles. The van der Waals surface area contributed by atoms with E-state index in [1.807, 2.05) is 11.4 Å². The summed E-state index contributed by atoms with van der Waals surface area (Å²) in [6, 6.07) is 7.18. The largest absolute Gasteiger partial charge is 0.462 e. The van der Waals surface area contributed by atoms with Gasteiger partial charge in [-0.1, -0.05) is 0 Å². The Balaban J connectivity index is 2.18. The van der Waals surface area contributed by atoms with Crippen LogP contribution in [-0.2, 0) is 11.3 Å². The molecular formula is C14H15BrN2O2S. The molecule has 0 fully saturated rings. The Morgan fingerprint density at radius 2 is 2.25 bits per heavy atom. The molecule has 0 atom stereocenters. The maximum Gasteiger partial charge on any atom is 0.340 e. The number of nitrogens with one attached hydrogen (secondary N) is 1. The van der Waals surface area contributed by atoms with Crippen LogP contribution < -0.4 is 11.1 Å². The van der Waals surface area contributed by atoms with Gasteiger partial charge in [0.2, 0.25) is 0 Å². The quantitative estimate of drug-likeness (QED) is 0.631. The zero-order valence-electron chi connectivity index (χ0n) is 11.0. The fourth-order valence-corrected chi connectivity index (χ4v) is 3.15. The molecule has 106 valence electrons. The number of thiophene rings is 1. The van der Waals surface area contributed by atoms with Gasteiger partial charge in [-0.3, -0.25) is 0 Å². The number of anilines is 2. The summed E-state index contributed by atoms with van der Waals surface area (Å²) in [7, 11) is 0. The molecule has 0 bridgehead atoms. The minimum Gasteiger partial charge on any atom is -0.462 e. The first-order chi connectivity index (χ1) is 9.61. The average Bonchev–Trinajstić information content (AvgIpc) is 2.83. The monoisotopic (exact) mass is 354 g/mol. The maximum atomic E-state index is 11.9. The lowest BCUT2D eigenvalue weighted by Crippen LogP contribution is -2.10. The molecule has 0 aliphatic rings. The van der Waals surface area contributed by atoms with E-state index in [9.17, 15) is 4.79 Å². The van der Waals surface area contributed by atoms with E-state index in [0.29, 0.717) is 24.4 Å². The number of nitrogen functional groups attached to an aromatic ring is 1. The highest BCUT2D eigenvalue weighted by molar-refractivity contribution is 9.10. The molecule has 2 rings (SSSR count). The number of hydrogen-bond donors (Lipinski definition) is 2. The zero-order valence-corrected chi connectivity index (χ0v) is 13.4. The third-order valence-corrected chi connectivity index (χ3v) is 4.60. The van der Waals surface area contributed by atoms with E-state index in [4.69, 9.17) is 10.5 Å². The molecule has 0 radical (unpaired) electrons. The van der Waals surface area contributed by atoms with E-state index in [1.165, 1.54) is 0 Å². The number of nitrogens with two attached hydrogens (primary N) is 1. The highest BCUT2D eigenvalue weighted by atomic mass is 79.9. The van der Waals surface area contributed by atoms with E-state index in [2.05, 4.69) is 21.2 Å². The molecule has 2 aromatic rings. The number of halogens is 1. The molecule has 4 nitrogen and oxygen atoms in total. The fourth-order valence-electron chi connectivity index (χ4n) is 1.72. The molecule has 3 N–H and O–H groups in total. The van der Waals surface area contributed by atoms with E-state index < -0.39 is 0 Å². The molecule has 20 heavy (non-hydrogen) atoms. The number of esters is 1. The van der Waals surface area contributed by atoms with E-state index in [1.54, 1.807) is 36.5 Å². The van der Waals surface area contributed by atoms with Gasteiger partial charge in [-0.05, 0) is 52.5 Å². The number of benzene rings is 1. The summed E-state index contributed by atoms with van der Waals surface area (Å²) < 4.78 is 6.10. The summed E-state index contributed by atoms with van der Waals surface area (Å²) in [6.45, 7) is 2.75. The number of rotatable bonds is 5. The highest BCUT2D eigenvalue weighted by Crippen LogP contribution is 2.25. The highest BCUT2D eigenvalue weighted by Gasteiger charge is 2.13. The Kier molecular flexibility index (Phi) is 5.03. The van der Waals surface area contributed by atoms with Crippen LogP contribution in [0.4, 0.5) is 11.4 Å². The molecule has 6 heteroatoms. The molecule has 0 aliphatic carbocycles. The number of carbonyl (C=O) groups is 1. The lowest BCUT2D eigenvalue weighted by Gasteiger charge is -2.11. The summed E-state index contributed by atoms with van der Waals surface area (Å²) >= 11 is 5.13. The van der Waals surface area contributed by atoms with Gasteiger partial charge in [0.25, 0.3) is 0 Å². The summed E-state index contributed by atoms with van der Waals surface area (Å²) in [5, 5.41) is 5.26. The van der Waals surface area contributed by atoms with Gasteiger partial charge < -0.3 is 15.8 Å². The summed E-state index contributed by atoms with van der Waals surface area (Å²) in [4.78, 5) is 13.1. The van der Waals surface area contributed by atoms with E-state index >= 15 is 0 Å². The number of carbonyl (C=O) groups excluding carboxylic acids is 1. The van der Waals surface area contributed by atoms with Crippen molar-refractivity contribution in [3.05, 3.63) is 44.6 Å². The third-order valence-electron chi connectivity index (χ3n) is 2.67. The minimum absolute atomic E-state index is 0.337. The van der Waals surface area contributed by atoms with Gasteiger partial charge in [0, 0.05) is 20.7 Å². The lowest BCUT2D eigenvalue weighted by atomic mass is 10.1. The fraction of sp³-hybridized carbons (Fsp3) is 0.214. The zero-order chi connectivity index (χ0) is 14.5. The van der Waals surface area contributed by atoms with Crippen molar-refractivity contribution in [1.29, 1.82) is 0 Å². The molecule has 0 amide bonds. The summed E-state index contributed by atoms with van der Waals surface area (Å²) in [6.07, 6.45) is 0. The average molecular weight is 355 g/mol. The van der Waals surface area contributed by atoms with Crippen molar-refractivity contribution in [3.63, 3.8) is 0 Å². The molecule has 0 unspecified atom stereocenters. The van der Waals surface area contributed by atoms with Crippen molar-refractivity contribution in [2.24, 2.45) is 0 Å². The van der Waals surface area contributed by atoms with Gasteiger partial charge in [-0.2, -0.15) is 0 Å². The second-order valence-corrected chi connectivity index (χ2v) is 5.93. The van der Waals surface area contributed by atoms with Crippen molar-refractivity contribution in [2.45, 2.75) is 13.5 Å². The van der Waals surface area contributed by atoms with Crippen LogP contribution in [0.15, 0.2) is 34.1 Å². The number of hydrogen-bond acceptors (Lipinski definition) is 5. The molecule has 0 spiro atoms. The summed E-state index contributed by atoms with van der Waals surface area (Å²) in [5.41, 5.74) is 7.45. The van der Waals surface area contributed by atoms with E-state index in [0.717, 1.165) is 15.0 Å². The Bertz CT molecular complexity index is 613. The second-order valence-electron chi connectivity index (χ2n) is 4.07. The van der Waals surface area contributed by atoms with Crippen LogP contribution in [0.1, 0.15) is 22.2 Å². The van der Waals surface area contributed by atoms with Gasteiger partial charge >= 0.3 is 5.97 Å². The Morgan fingerprint density at radius 1 is 1.45 bits per heavy atom. The number of ether oxygens (including phenoxy) is 1. The van der Waals surface area contributed by atoms with Crippen molar-refractivity contribution >= 4 is 44.6 Å². The van der Waals surface area contributed by atoms with Crippen LogP contribution in [0.2, 0.25) is 0 Å². The van der Waals surface area contributed by atoms with Gasteiger partial charge in [0.05, 0.1) is 18.7 Å². The minimum atomic E-state index is -0.368. The maximum absolute atomic E-state index is 11.9. The van der Waals surface area contributed by atoms with Gasteiger partial charge in [0.15, 0.2) is 0 Å². The van der Waals surface area contributed by atoms with Gasteiger partial charge in [-0.15, -0.1) is 11.3 Å². The molecule has 0 saturated heterocycles. The molecule has 0 aliphatic heterocycles. The molecular weight excluding hydrogens is 340 g/mol. The first-order valence-corrected chi connectivity index (χ1v) is 7.81. The predicted molar refractivity (Wildman–Crippen MR) is 86.2 cm³/mol. The van der Waals surface area contributed by atoms with Crippen molar-refractivity contribution < 1.29 is 9.53 Å². The third kappa shape index (κ3) is 3.52. The molecule has 1 aromatic heterocycles. The van der Waals surface area contributed by atoms with Crippen LogP contribution in [0.5, 0.6) is 0 Å². The van der Waals surface area contributed by atoms with Crippen LogP contribution in [0.25, 0.3) is 0 Å². The smallest absolute Gasteiger partial charge is 0.340 e. The Morgan fingerprint density at radius 3 is 2.90 bits per heavy atom. The lowest BCUT2D eigenvalue weighted by molar-refractivity contribution is 0.0527. The van der Waals surface area contributed by atoms with Crippen LogP contribution in [-0.4, -0.2) is 12.6 Å². The van der Waals surface area contributed by atoms with Crippen molar-refractivity contribution in [2.75, 3.05) is 17.7 Å². The Labute approximate surface area is 130 Å². The van der Waals surface area contributed by atoms with Crippen LogP contribution in [0.3, 0.4) is 0 Å². The topological polar surface area (TPSA) is 64.3 Å². The summed E-state index contributed by atoms with van der Waals surface area (Å²) in [5.74, 6) is -0.368. The molecule has 1 aromatic carbocycles. The first-order valence-electron chi connectivity index (χ1n) is 6.14. The normalized spacial score (nSPS) is 10.3. The Hall–Kier alpha value is -1.53. The predicted octanol–water partition coefficient (Wildman–Crippen LogP) is 3.88. The molecule has 1 heterocycles. The van der Waals surface area contributed by atoms with Crippen molar-refractivity contribution in [1.82, 2.24) is 0 Å². The standard InChI is InChI=1S/C14H15BrN2O2S/c1-2-19-14(18)10-7-9(16)3-4-12(10)17-8-13-11(15)5-6-20-13/h3-7,17H,2,8,16H2,1H3. The SMILES string of the molecule is CCOC(=O)c1cc(N)ccc1NCc1sccc1Br. The second kappa shape index (κ2) is 6.76.